The number of rotatable bonds is 2. The third-order valence-electron chi connectivity index (χ3n) is 1.89. The Kier molecular flexibility index (Phi) is 3.68. The van der Waals surface area contributed by atoms with Crippen LogP contribution >= 0.6 is 0 Å². The number of carbonyl (C=O) groups is 2. The summed E-state index contributed by atoms with van der Waals surface area (Å²) in [6, 6.07) is 0. The van der Waals surface area contributed by atoms with Gasteiger partial charge < -0.3 is 9.47 Å². The van der Waals surface area contributed by atoms with E-state index in [0.29, 0.717) is 12.8 Å². The lowest BCUT2D eigenvalue weighted by molar-refractivity contribution is -0.151. The van der Waals surface area contributed by atoms with Crippen molar-refractivity contribution in [3.63, 3.8) is 0 Å². The van der Waals surface area contributed by atoms with Crippen LogP contribution < -0.4 is 0 Å². The molecule has 78 valence electrons. The smallest absolute Gasteiger partial charge is 0.303 e. The number of hydrogen-bond donors (Lipinski definition) is 0. The molecule has 0 bridgehead atoms. The first-order chi connectivity index (χ1) is 6.58. The Morgan fingerprint density at radius 3 is 2.43 bits per heavy atom. The summed E-state index contributed by atoms with van der Waals surface area (Å²) >= 11 is 0. The SMILES string of the molecule is CC(=O)O[C@H]1CC=C[C@H](OC(C)=O)C1. The Hall–Kier alpha value is -1.32. The average Bonchev–Trinajstić information content (AvgIpc) is 2.01. The molecular weight excluding hydrogens is 184 g/mol. The molecule has 0 aliphatic heterocycles. The maximum Gasteiger partial charge on any atom is 0.303 e. The Balaban J connectivity index is 2.43. The van der Waals surface area contributed by atoms with Gasteiger partial charge in [-0.1, -0.05) is 6.08 Å². The molecule has 4 nitrogen and oxygen atoms in total. The molecule has 0 heterocycles. The molecule has 0 aromatic heterocycles. The van der Waals surface area contributed by atoms with Crippen molar-refractivity contribution in [1.82, 2.24) is 0 Å². The van der Waals surface area contributed by atoms with Crippen molar-refractivity contribution in [3.05, 3.63) is 12.2 Å². The molecule has 0 radical (unpaired) electrons. The molecule has 1 aliphatic rings. The summed E-state index contributed by atoms with van der Waals surface area (Å²) in [5, 5.41) is 0. The van der Waals surface area contributed by atoms with Gasteiger partial charge in [0, 0.05) is 26.7 Å². The molecular formula is C10H14O4. The molecule has 0 aromatic rings. The molecule has 14 heavy (non-hydrogen) atoms. The van der Waals surface area contributed by atoms with E-state index in [-0.39, 0.29) is 24.1 Å². The van der Waals surface area contributed by atoms with Crippen molar-refractivity contribution >= 4 is 11.9 Å². The first-order valence-electron chi connectivity index (χ1n) is 4.59. The van der Waals surface area contributed by atoms with Crippen LogP contribution in [-0.4, -0.2) is 24.1 Å². The van der Waals surface area contributed by atoms with Crippen LogP contribution in [0.1, 0.15) is 26.7 Å². The van der Waals surface area contributed by atoms with Crippen LogP contribution in [0, 0.1) is 0 Å². The second-order valence-electron chi connectivity index (χ2n) is 3.28. The van der Waals surface area contributed by atoms with Gasteiger partial charge in [0.1, 0.15) is 12.2 Å². The Morgan fingerprint density at radius 1 is 1.21 bits per heavy atom. The van der Waals surface area contributed by atoms with Crippen LogP contribution in [-0.2, 0) is 19.1 Å². The molecule has 0 fully saturated rings. The number of hydrogen-bond acceptors (Lipinski definition) is 4. The minimum atomic E-state index is -0.317. The van der Waals surface area contributed by atoms with E-state index in [1.165, 1.54) is 13.8 Å². The van der Waals surface area contributed by atoms with E-state index in [2.05, 4.69) is 0 Å². The summed E-state index contributed by atoms with van der Waals surface area (Å²) < 4.78 is 10.0. The van der Waals surface area contributed by atoms with E-state index >= 15 is 0 Å². The van der Waals surface area contributed by atoms with Gasteiger partial charge in [-0.25, -0.2) is 0 Å². The topological polar surface area (TPSA) is 52.6 Å². The highest BCUT2D eigenvalue weighted by molar-refractivity contribution is 5.67. The van der Waals surface area contributed by atoms with Crippen LogP contribution in [0.25, 0.3) is 0 Å². The lowest BCUT2D eigenvalue weighted by Crippen LogP contribution is -2.27. The fourth-order valence-electron chi connectivity index (χ4n) is 1.45. The number of esters is 2. The zero-order chi connectivity index (χ0) is 10.6. The zero-order valence-electron chi connectivity index (χ0n) is 8.36. The van der Waals surface area contributed by atoms with Crippen molar-refractivity contribution in [2.24, 2.45) is 0 Å². The quantitative estimate of drug-likeness (QED) is 0.494. The van der Waals surface area contributed by atoms with Gasteiger partial charge in [-0.15, -0.1) is 0 Å². The lowest BCUT2D eigenvalue weighted by Gasteiger charge is -2.23. The summed E-state index contributed by atoms with van der Waals surface area (Å²) in [5.41, 5.74) is 0. The molecule has 0 saturated heterocycles. The van der Waals surface area contributed by atoms with E-state index in [4.69, 9.17) is 9.47 Å². The van der Waals surface area contributed by atoms with Gasteiger partial charge in [-0.05, 0) is 6.08 Å². The highest BCUT2D eigenvalue weighted by Gasteiger charge is 2.21. The predicted molar refractivity (Wildman–Crippen MR) is 49.5 cm³/mol. The van der Waals surface area contributed by atoms with Crippen molar-refractivity contribution in [1.29, 1.82) is 0 Å². The average molecular weight is 198 g/mol. The van der Waals surface area contributed by atoms with E-state index < -0.39 is 0 Å². The zero-order valence-corrected chi connectivity index (χ0v) is 8.36. The molecule has 1 rings (SSSR count). The largest absolute Gasteiger partial charge is 0.462 e. The van der Waals surface area contributed by atoms with Crippen LogP contribution in [0.2, 0.25) is 0 Å². The van der Waals surface area contributed by atoms with E-state index in [9.17, 15) is 9.59 Å². The molecule has 2 atom stereocenters. The number of ether oxygens (including phenoxy) is 2. The molecule has 0 saturated carbocycles. The maximum atomic E-state index is 10.7. The van der Waals surface area contributed by atoms with Crippen molar-refractivity contribution < 1.29 is 19.1 Å². The summed E-state index contributed by atoms with van der Waals surface area (Å²) in [6.07, 6.45) is 4.51. The fourth-order valence-corrected chi connectivity index (χ4v) is 1.45. The van der Waals surface area contributed by atoms with Gasteiger partial charge in [0.05, 0.1) is 0 Å². The van der Waals surface area contributed by atoms with Crippen molar-refractivity contribution in [2.75, 3.05) is 0 Å². The van der Waals surface area contributed by atoms with Gasteiger partial charge in [-0.2, -0.15) is 0 Å². The molecule has 0 unspecified atom stereocenters. The minimum Gasteiger partial charge on any atom is -0.462 e. The maximum absolute atomic E-state index is 10.7. The van der Waals surface area contributed by atoms with Gasteiger partial charge in [-0.3, -0.25) is 9.59 Å². The fraction of sp³-hybridized carbons (Fsp3) is 0.600. The molecule has 0 aromatic carbocycles. The molecule has 0 spiro atoms. The van der Waals surface area contributed by atoms with Gasteiger partial charge in [0.2, 0.25) is 0 Å². The summed E-state index contributed by atoms with van der Waals surface area (Å²) in [4.78, 5) is 21.4. The third-order valence-corrected chi connectivity index (χ3v) is 1.89. The molecule has 0 N–H and O–H groups in total. The van der Waals surface area contributed by atoms with E-state index in [1.54, 1.807) is 0 Å². The molecule has 4 heteroatoms. The standard InChI is InChI=1S/C10H14O4/c1-7(11)13-9-4-3-5-10(6-9)14-8(2)12/h3-4,9-10H,5-6H2,1-2H3/t9-,10-/m0/s1. The Bertz CT molecular complexity index is 257. The molecule has 1 aliphatic carbocycles. The van der Waals surface area contributed by atoms with Crippen LogP contribution in [0.3, 0.4) is 0 Å². The highest BCUT2D eigenvalue weighted by atomic mass is 16.6. The van der Waals surface area contributed by atoms with E-state index in [1.807, 2.05) is 12.2 Å². The second kappa shape index (κ2) is 4.79. The van der Waals surface area contributed by atoms with E-state index in [0.717, 1.165) is 0 Å². The summed E-state index contributed by atoms with van der Waals surface area (Å²) in [7, 11) is 0. The van der Waals surface area contributed by atoms with Gasteiger partial charge in [0.25, 0.3) is 0 Å². The summed E-state index contributed by atoms with van der Waals surface area (Å²) in [5.74, 6) is -0.616. The minimum absolute atomic E-state index is 0.165. The van der Waals surface area contributed by atoms with Crippen molar-refractivity contribution in [3.8, 4) is 0 Å². The first-order valence-corrected chi connectivity index (χ1v) is 4.59. The monoisotopic (exact) mass is 198 g/mol. The third kappa shape index (κ3) is 3.60. The molecule has 0 amide bonds. The van der Waals surface area contributed by atoms with Crippen molar-refractivity contribution in [2.45, 2.75) is 38.9 Å². The van der Waals surface area contributed by atoms with Gasteiger partial charge >= 0.3 is 11.9 Å². The van der Waals surface area contributed by atoms with Crippen LogP contribution in [0.15, 0.2) is 12.2 Å². The first kappa shape index (κ1) is 10.8. The predicted octanol–water partition coefficient (Wildman–Crippen LogP) is 1.20. The Morgan fingerprint density at radius 2 is 1.86 bits per heavy atom. The highest BCUT2D eigenvalue weighted by Crippen LogP contribution is 2.17. The van der Waals surface area contributed by atoms with Crippen LogP contribution in [0.4, 0.5) is 0 Å². The summed E-state index contributed by atoms with van der Waals surface area (Å²) in [6.45, 7) is 2.74. The van der Waals surface area contributed by atoms with Gasteiger partial charge in [0.15, 0.2) is 0 Å². The van der Waals surface area contributed by atoms with Crippen LogP contribution in [0.5, 0.6) is 0 Å². The second-order valence-corrected chi connectivity index (χ2v) is 3.28. The lowest BCUT2D eigenvalue weighted by atomic mass is 10.0. The normalized spacial score (nSPS) is 25.6. The number of carbonyl (C=O) groups excluding carboxylic acids is 2. The Labute approximate surface area is 82.9 Å².